The Morgan fingerprint density at radius 3 is 2.55 bits per heavy atom. The first-order chi connectivity index (χ1) is 14.9. The van der Waals surface area contributed by atoms with Crippen molar-refractivity contribution in [1.82, 2.24) is 0 Å². The molecule has 1 aliphatic rings. The molecule has 3 rings (SSSR count). The van der Waals surface area contributed by atoms with E-state index in [0.717, 1.165) is 25.7 Å². The van der Waals surface area contributed by atoms with Crippen LogP contribution in [0.4, 0.5) is 0 Å². The number of rotatable bonds is 9. The molecule has 0 amide bonds. The van der Waals surface area contributed by atoms with E-state index in [4.69, 9.17) is 18.6 Å². The molecule has 0 bridgehead atoms. The first kappa shape index (κ1) is 23.3. The normalized spacial score (nSPS) is 26.2. The minimum absolute atomic E-state index is 0.0159. The monoisotopic (exact) mass is 440 g/mol. The van der Waals surface area contributed by atoms with Gasteiger partial charge in [0.1, 0.15) is 35.7 Å². The number of benzene rings is 1. The van der Waals surface area contributed by atoms with Crippen LogP contribution in [0.2, 0.25) is 0 Å². The van der Waals surface area contributed by atoms with Crippen LogP contribution in [-0.4, -0.2) is 69.5 Å². The number of fused-ring (bicyclic) bond motifs is 1. The van der Waals surface area contributed by atoms with Gasteiger partial charge in [-0.05, 0) is 18.6 Å². The molecule has 0 radical (unpaired) electrons. The van der Waals surface area contributed by atoms with Crippen LogP contribution in [-0.2, 0) is 4.74 Å². The van der Waals surface area contributed by atoms with Crippen LogP contribution < -0.4 is 15.1 Å². The first-order valence-corrected chi connectivity index (χ1v) is 10.3. The summed E-state index contributed by atoms with van der Waals surface area (Å²) < 4.78 is 21.6. The van der Waals surface area contributed by atoms with Crippen LogP contribution in [0.15, 0.2) is 27.4 Å². The Morgan fingerprint density at radius 1 is 1.06 bits per heavy atom. The lowest BCUT2D eigenvalue weighted by Crippen LogP contribution is -2.60. The molecule has 2 heterocycles. The quantitative estimate of drug-likeness (QED) is 0.277. The van der Waals surface area contributed by atoms with Crippen molar-refractivity contribution in [3.8, 4) is 17.2 Å². The molecule has 2 aromatic rings. The second kappa shape index (κ2) is 10.3. The molecule has 1 aromatic heterocycles. The van der Waals surface area contributed by atoms with Crippen LogP contribution in [0.25, 0.3) is 11.0 Å². The molecule has 1 saturated heterocycles. The number of unbranched alkanes of at least 4 members (excludes halogenated alkanes) is 3. The zero-order valence-electron chi connectivity index (χ0n) is 17.1. The topological polar surface area (TPSA) is 159 Å². The van der Waals surface area contributed by atoms with Crippen LogP contribution in [0.3, 0.4) is 0 Å². The minimum atomic E-state index is -1.58. The lowest BCUT2D eigenvalue weighted by atomic mass is 9.99. The third-order valence-corrected chi connectivity index (χ3v) is 5.15. The summed E-state index contributed by atoms with van der Waals surface area (Å²) in [6.45, 7) is 1.83. The van der Waals surface area contributed by atoms with Crippen LogP contribution >= 0.6 is 0 Å². The highest BCUT2D eigenvalue weighted by molar-refractivity contribution is 5.86. The SMILES string of the molecule is CCCCCCOc1c(O)c(=O)oc2cc(O[C@@H]3O[C@H](CO)[C@H](O)[C@H](O)[C@H]3O)ccc12. The Balaban J connectivity index is 1.81. The number of hydrogen-bond acceptors (Lipinski definition) is 10. The molecule has 10 nitrogen and oxygen atoms in total. The summed E-state index contributed by atoms with van der Waals surface area (Å²) in [5.74, 6) is -0.479. The number of aliphatic hydroxyl groups excluding tert-OH is 4. The summed E-state index contributed by atoms with van der Waals surface area (Å²) >= 11 is 0. The van der Waals surface area contributed by atoms with Gasteiger partial charge in [-0.2, -0.15) is 0 Å². The number of ether oxygens (including phenoxy) is 3. The van der Waals surface area contributed by atoms with E-state index in [0.29, 0.717) is 12.0 Å². The Morgan fingerprint density at radius 2 is 1.84 bits per heavy atom. The standard InChI is InChI=1S/C21H28O10/c1-2-3-4-5-8-28-19-12-7-6-11(9-13(12)30-20(27)18(19)26)29-21-17(25)16(24)15(23)14(10-22)31-21/h6-7,9,14-17,21-26H,2-5,8,10H2,1H3/t14-,15+,16+,17-,21-/m1/s1. The Kier molecular flexibility index (Phi) is 7.74. The smallest absolute Gasteiger partial charge is 0.382 e. The van der Waals surface area contributed by atoms with Gasteiger partial charge in [0.05, 0.1) is 18.6 Å². The third kappa shape index (κ3) is 5.10. The molecule has 5 atom stereocenters. The Hall–Kier alpha value is -2.37. The summed E-state index contributed by atoms with van der Waals surface area (Å²) in [4.78, 5) is 12.0. The van der Waals surface area contributed by atoms with Crippen LogP contribution in [0, 0.1) is 0 Å². The maximum absolute atomic E-state index is 12.0. The van der Waals surface area contributed by atoms with Crippen molar-refractivity contribution in [3.05, 3.63) is 28.6 Å². The van der Waals surface area contributed by atoms with E-state index >= 15 is 0 Å². The van der Waals surface area contributed by atoms with Crippen molar-refractivity contribution in [2.24, 2.45) is 0 Å². The van der Waals surface area contributed by atoms with Gasteiger partial charge in [0, 0.05) is 6.07 Å². The summed E-state index contributed by atoms with van der Waals surface area (Å²) in [5, 5.41) is 49.6. The average molecular weight is 440 g/mol. The molecule has 0 unspecified atom stereocenters. The molecule has 172 valence electrons. The van der Waals surface area contributed by atoms with Gasteiger partial charge in [-0.3, -0.25) is 0 Å². The number of aromatic hydroxyl groups is 1. The Bertz CT molecular complexity index is 924. The maximum atomic E-state index is 12.0. The van der Waals surface area contributed by atoms with Gasteiger partial charge in [0.2, 0.25) is 12.0 Å². The lowest BCUT2D eigenvalue weighted by molar-refractivity contribution is -0.277. The summed E-state index contributed by atoms with van der Waals surface area (Å²) in [6.07, 6.45) is -3.30. The van der Waals surface area contributed by atoms with Gasteiger partial charge in [-0.25, -0.2) is 4.79 Å². The molecule has 0 saturated carbocycles. The van der Waals surface area contributed by atoms with Gasteiger partial charge in [-0.1, -0.05) is 26.2 Å². The number of aliphatic hydroxyl groups is 4. The molecule has 31 heavy (non-hydrogen) atoms. The zero-order chi connectivity index (χ0) is 22.5. The van der Waals surface area contributed by atoms with Gasteiger partial charge >= 0.3 is 5.63 Å². The third-order valence-electron chi connectivity index (χ3n) is 5.15. The van der Waals surface area contributed by atoms with E-state index in [1.54, 1.807) is 0 Å². The predicted molar refractivity (Wildman–Crippen MR) is 108 cm³/mol. The summed E-state index contributed by atoms with van der Waals surface area (Å²) in [5.41, 5.74) is -0.894. The molecule has 1 fully saturated rings. The molecule has 5 N–H and O–H groups in total. The first-order valence-electron chi connectivity index (χ1n) is 10.3. The van der Waals surface area contributed by atoms with Crippen LogP contribution in [0.1, 0.15) is 32.6 Å². The van der Waals surface area contributed by atoms with Crippen molar-refractivity contribution in [2.45, 2.75) is 63.3 Å². The zero-order valence-corrected chi connectivity index (χ0v) is 17.1. The highest BCUT2D eigenvalue weighted by Crippen LogP contribution is 2.34. The van der Waals surface area contributed by atoms with E-state index in [1.807, 2.05) is 0 Å². The lowest BCUT2D eigenvalue weighted by Gasteiger charge is -2.39. The molecular weight excluding hydrogens is 412 g/mol. The second-order valence-corrected chi connectivity index (χ2v) is 7.45. The van der Waals surface area contributed by atoms with E-state index in [-0.39, 0.29) is 17.1 Å². The van der Waals surface area contributed by atoms with Gasteiger partial charge in [0.25, 0.3) is 0 Å². The van der Waals surface area contributed by atoms with Gasteiger partial charge in [0.15, 0.2) is 5.75 Å². The summed E-state index contributed by atoms with van der Waals surface area (Å²) in [6, 6.07) is 4.34. The maximum Gasteiger partial charge on any atom is 0.382 e. The van der Waals surface area contributed by atoms with Crippen molar-refractivity contribution >= 4 is 11.0 Å². The van der Waals surface area contributed by atoms with E-state index in [1.165, 1.54) is 18.2 Å². The largest absolute Gasteiger partial charge is 0.499 e. The fraction of sp³-hybridized carbons (Fsp3) is 0.571. The van der Waals surface area contributed by atoms with E-state index in [2.05, 4.69) is 6.92 Å². The van der Waals surface area contributed by atoms with Crippen molar-refractivity contribution < 1.29 is 44.2 Å². The van der Waals surface area contributed by atoms with Crippen LogP contribution in [0.5, 0.6) is 17.2 Å². The average Bonchev–Trinajstić information content (AvgIpc) is 2.76. The second-order valence-electron chi connectivity index (χ2n) is 7.45. The van der Waals surface area contributed by atoms with E-state index in [9.17, 15) is 30.3 Å². The van der Waals surface area contributed by atoms with Crippen molar-refractivity contribution in [3.63, 3.8) is 0 Å². The molecule has 1 aromatic carbocycles. The highest BCUT2D eigenvalue weighted by atomic mass is 16.7. The van der Waals surface area contributed by atoms with Crippen molar-refractivity contribution in [2.75, 3.05) is 13.2 Å². The number of hydrogen-bond donors (Lipinski definition) is 5. The van der Waals surface area contributed by atoms with Gasteiger partial charge in [-0.15, -0.1) is 0 Å². The predicted octanol–water partition coefficient (Wildman–Crippen LogP) is 0.636. The molecule has 1 aliphatic heterocycles. The minimum Gasteiger partial charge on any atom is -0.499 e. The fourth-order valence-corrected chi connectivity index (χ4v) is 3.36. The molecule has 10 heteroatoms. The Labute approximate surface area is 178 Å². The highest BCUT2D eigenvalue weighted by Gasteiger charge is 2.44. The van der Waals surface area contributed by atoms with E-state index < -0.39 is 48.7 Å². The van der Waals surface area contributed by atoms with Crippen molar-refractivity contribution in [1.29, 1.82) is 0 Å². The molecule has 0 aliphatic carbocycles. The fourth-order valence-electron chi connectivity index (χ4n) is 3.36. The molecule has 0 spiro atoms. The summed E-state index contributed by atoms with van der Waals surface area (Å²) in [7, 11) is 0. The van der Waals surface area contributed by atoms with Gasteiger partial charge < -0.3 is 44.2 Å². The molecular formula is C21H28O10.